The summed E-state index contributed by atoms with van der Waals surface area (Å²) in [6, 6.07) is 4.19. The summed E-state index contributed by atoms with van der Waals surface area (Å²) in [6.45, 7) is 1.78. The summed E-state index contributed by atoms with van der Waals surface area (Å²) >= 11 is 0. The van der Waals surface area contributed by atoms with E-state index in [4.69, 9.17) is 0 Å². The minimum absolute atomic E-state index is 0.0272. The summed E-state index contributed by atoms with van der Waals surface area (Å²) in [4.78, 5) is 24.1. The molecule has 3 saturated carbocycles. The number of hydrogen-bond donors (Lipinski definition) is 1. The first-order valence-electron chi connectivity index (χ1n) is 7.75. The molecule has 0 unspecified atom stereocenters. The third-order valence-corrected chi connectivity index (χ3v) is 5.25. The minimum Gasteiger partial charge on any atom is -0.550 e. The minimum atomic E-state index is -1.13. The van der Waals surface area contributed by atoms with Crippen LogP contribution in [0.2, 0.25) is 0 Å². The third-order valence-electron chi connectivity index (χ3n) is 5.25. The lowest BCUT2D eigenvalue weighted by molar-refractivity contribution is -0.318. The van der Waals surface area contributed by atoms with Crippen LogP contribution in [0.5, 0.6) is 0 Å². The Morgan fingerprint density at radius 2 is 1.73 bits per heavy atom. The van der Waals surface area contributed by atoms with Crippen LogP contribution in [0.1, 0.15) is 31.2 Å². The lowest BCUT2D eigenvalue weighted by Crippen LogP contribution is -2.52. The molecule has 5 heteroatoms. The smallest absolute Gasteiger partial charge is 0.228 e. The molecular weight excluding hydrogens is 285 g/mol. The van der Waals surface area contributed by atoms with Crippen LogP contribution < -0.4 is 10.4 Å². The maximum atomic E-state index is 13.3. The highest BCUT2D eigenvalue weighted by atomic mass is 19.1. The number of carboxylic acids is 1. The molecule has 1 amide bonds. The van der Waals surface area contributed by atoms with Crippen molar-refractivity contribution in [3.63, 3.8) is 0 Å². The first kappa shape index (κ1) is 15.0. The summed E-state index contributed by atoms with van der Waals surface area (Å²) in [7, 11) is 0. The first-order valence-corrected chi connectivity index (χ1v) is 7.75. The molecule has 2 bridgehead atoms. The van der Waals surface area contributed by atoms with Crippen molar-refractivity contribution in [2.75, 3.05) is 5.32 Å². The van der Waals surface area contributed by atoms with Crippen LogP contribution in [-0.2, 0) is 9.59 Å². The Balaban J connectivity index is 1.84. The molecule has 1 aromatic rings. The molecule has 0 aromatic heterocycles. The van der Waals surface area contributed by atoms with Gasteiger partial charge in [0, 0.05) is 23.5 Å². The number of anilines is 1. The molecule has 3 aliphatic rings. The second-order valence-electron chi connectivity index (χ2n) is 6.49. The fourth-order valence-corrected chi connectivity index (χ4v) is 4.11. The number of aliphatic carboxylic acids is 1. The molecule has 2 atom stereocenters. The number of hydrogen-bond acceptors (Lipinski definition) is 3. The number of fused-ring (bicyclic) bond motifs is 3. The Labute approximate surface area is 128 Å². The largest absolute Gasteiger partial charge is 0.550 e. The lowest BCUT2D eigenvalue weighted by Gasteiger charge is -2.48. The molecule has 22 heavy (non-hydrogen) atoms. The van der Waals surface area contributed by atoms with Gasteiger partial charge < -0.3 is 15.2 Å². The van der Waals surface area contributed by atoms with Crippen LogP contribution in [0.4, 0.5) is 10.1 Å². The Morgan fingerprint density at radius 3 is 2.32 bits per heavy atom. The van der Waals surface area contributed by atoms with Crippen molar-refractivity contribution in [3.8, 4) is 0 Å². The van der Waals surface area contributed by atoms with Crippen molar-refractivity contribution < 1.29 is 19.1 Å². The summed E-state index contributed by atoms with van der Waals surface area (Å²) in [5.41, 5.74) is 1.16. The standard InChI is InChI=1S/C17H20FNO3/c1-9-2-7-12(18)8-13(9)19-16(20)14-10-3-5-11(6-4-10)15(14)17(21)22/h2,7-8,10-11,14-15H,3-6H2,1H3,(H,19,20)(H,21,22)/p-1/t10?,11?,14-,15-/m0/s1. The highest BCUT2D eigenvalue weighted by Crippen LogP contribution is 2.49. The van der Waals surface area contributed by atoms with Crippen molar-refractivity contribution in [1.29, 1.82) is 0 Å². The van der Waals surface area contributed by atoms with E-state index in [0.29, 0.717) is 5.69 Å². The summed E-state index contributed by atoms with van der Waals surface area (Å²) in [5.74, 6) is -3.06. The summed E-state index contributed by atoms with van der Waals surface area (Å²) < 4.78 is 13.3. The molecule has 4 nitrogen and oxygen atoms in total. The van der Waals surface area contributed by atoms with Gasteiger partial charge in [-0.2, -0.15) is 0 Å². The Bertz CT molecular complexity index is 608. The quantitative estimate of drug-likeness (QED) is 0.927. The normalized spacial score (nSPS) is 30.1. The number of carboxylic acid groups (broad SMARTS) is 1. The van der Waals surface area contributed by atoms with Crippen LogP contribution in [0.3, 0.4) is 0 Å². The zero-order chi connectivity index (χ0) is 15.9. The zero-order valence-corrected chi connectivity index (χ0v) is 12.5. The van der Waals surface area contributed by atoms with Crippen molar-refractivity contribution in [2.45, 2.75) is 32.6 Å². The molecule has 0 spiro atoms. The van der Waals surface area contributed by atoms with Gasteiger partial charge in [0.1, 0.15) is 5.82 Å². The highest BCUT2D eigenvalue weighted by Gasteiger charge is 2.47. The number of rotatable bonds is 3. The van der Waals surface area contributed by atoms with Crippen molar-refractivity contribution >= 4 is 17.6 Å². The molecule has 118 valence electrons. The average Bonchev–Trinajstić information content (AvgIpc) is 2.51. The van der Waals surface area contributed by atoms with Gasteiger partial charge in [-0.25, -0.2) is 4.39 Å². The van der Waals surface area contributed by atoms with E-state index in [9.17, 15) is 19.1 Å². The Morgan fingerprint density at radius 1 is 1.14 bits per heavy atom. The molecule has 0 radical (unpaired) electrons. The van der Waals surface area contributed by atoms with E-state index in [-0.39, 0.29) is 17.7 Å². The lowest BCUT2D eigenvalue weighted by atomic mass is 9.58. The van der Waals surface area contributed by atoms with Gasteiger partial charge in [-0.1, -0.05) is 6.07 Å². The molecule has 0 aliphatic heterocycles. The number of aryl methyl sites for hydroxylation is 1. The van der Waals surface area contributed by atoms with Crippen LogP contribution in [0.15, 0.2) is 18.2 Å². The third kappa shape index (κ3) is 2.60. The van der Waals surface area contributed by atoms with Crippen LogP contribution >= 0.6 is 0 Å². The predicted molar refractivity (Wildman–Crippen MR) is 77.2 cm³/mol. The van der Waals surface area contributed by atoms with Crippen LogP contribution in [0, 0.1) is 36.4 Å². The van der Waals surface area contributed by atoms with Crippen molar-refractivity contribution in [2.24, 2.45) is 23.7 Å². The molecule has 1 aromatic carbocycles. The van der Waals surface area contributed by atoms with E-state index < -0.39 is 23.6 Å². The van der Waals surface area contributed by atoms with E-state index in [0.717, 1.165) is 31.2 Å². The number of carbonyl (C=O) groups excluding carboxylic acids is 2. The fraction of sp³-hybridized carbons (Fsp3) is 0.529. The van der Waals surface area contributed by atoms with Gasteiger partial charge in [-0.15, -0.1) is 0 Å². The molecular formula is C17H19FNO3-. The molecule has 3 fully saturated rings. The van der Waals surface area contributed by atoms with Gasteiger partial charge in [-0.3, -0.25) is 4.79 Å². The Hall–Kier alpha value is -1.91. The SMILES string of the molecule is Cc1ccc(F)cc1NC(=O)[C@H]1C2CCC(CC2)[C@@H]1C(=O)[O-]. The number of amides is 1. The van der Waals surface area contributed by atoms with Crippen molar-refractivity contribution in [3.05, 3.63) is 29.6 Å². The van der Waals surface area contributed by atoms with E-state index in [1.54, 1.807) is 13.0 Å². The van der Waals surface area contributed by atoms with E-state index in [2.05, 4.69) is 5.32 Å². The molecule has 4 rings (SSSR count). The van der Waals surface area contributed by atoms with E-state index in [1.165, 1.54) is 12.1 Å². The number of benzene rings is 1. The Kier molecular flexibility index (Phi) is 3.89. The summed E-state index contributed by atoms with van der Waals surface area (Å²) in [6.07, 6.45) is 3.47. The number of carbonyl (C=O) groups is 2. The van der Waals surface area contributed by atoms with Gasteiger partial charge >= 0.3 is 0 Å². The fourth-order valence-electron chi connectivity index (χ4n) is 4.11. The molecule has 0 heterocycles. The average molecular weight is 304 g/mol. The molecule has 1 N–H and O–H groups in total. The van der Waals surface area contributed by atoms with Gasteiger partial charge in [0.05, 0.1) is 0 Å². The zero-order valence-electron chi connectivity index (χ0n) is 12.5. The topological polar surface area (TPSA) is 69.2 Å². The van der Waals surface area contributed by atoms with E-state index >= 15 is 0 Å². The van der Waals surface area contributed by atoms with Crippen LogP contribution in [0.25, 0.3) is 0 Å². The molecule has 0 saturated heterocycles. The van der Waals surface area contributed by atoms with Gasteiger partial charge in [0.15, 0.2) is 0 Å². The second kappa shape index (κ2) is 5.71. The monoisotopic (exact) mass is 304 g/mol. The maximum Gasteiger partial charge on any atom is 0.228 e. The number of halogens is 1. The predicted octanol–water partition coefficient (Wildman–Crippen LogP) is 1.87. The second-order valence-corrected chi connectivity index (χ2v) is 6.49. The van der Waals surface area contributed by atoms with Gasteiger partial charge in [-0.05, 0) is 62.1 Å². The highest BCUT2D eigenvalue weighted by molar-refractivity contribution is 5.96. The van der Waals surface area contributed by atoms with E-state index in [1.807, 2.05) is 0 Å². The molecule has 3 aliphatic carbocycles. The van der Waals surface area contributed by atoms with Gasteiger partial charge in [0.2, 0.25) is 5.91 Å². The first-order chi connectivity index (χ1) is 10.5. The van der Waals surface area contributed by atoms with Crippen LogP contribution in [-0.4, -0.2) is 11.9 Å². The van der Waals surface area contributed by atoms with Gasteiger partial charge in [0.25, 0.3) is 0 Å². The summed E-state index contributed by atoms with van der Waals surface area (Å²) in [5, 5.41) is 14.2. The maximum absolute atomic E-state index is 13.3. The number of nitrogens with one attached hydrogen (secondary N) is 1. The van der Waals surface area contributed by atoms with Crippen molar-refractivity contribution in [1.82, 2.24) is 0 Å².